The van der Waals surface area contributed by atoms with Crippen molar-refractivity contribution in [2.45, 2.75) is 100 Å². The molecule has 3 saturated heterocycles. The van der Waals surface area contributed by atoms with E-state index in [4.69, 9.17) is 25.8 Å². The molecule has 3 heterocycles. The summed E-state index contributed by atoms with van der Waals surface area (Å²) >= 11 is 7.97. The van der Waals surface area contributed by atoms with Crippen molar-refractivity contribution in [3.63, 3.8) is 0 Å². The van der Waals surface area contributed by atoms with Gasteiger partial charge in [0, 0.05) is 6.54 Å². The van der Waals surface area contributed by atoms with Crippen molar-refractivity contribution in [1.29, 1.82) is 0 Å². The fourth-order valence-corrected chi connectivity index (χ4v) is 5.91. The number of thioether (sulfide) groups is 1. The SMILES string of the molecule is CCC[C@@H]1C[C@@H](C(=O)N[C@@H]([C@H]2O[C@H](SC)[C@H](O)[C@H]3OC(C)(C)O[C@H]32)[C@H](C)Cl)N(C)C1. The van der Waals surface area contributed by atoms with E-state index in [0.29, 0.717) is 5.92 Å². The second-order valence-electron chi connectivity index (χ2n) is 9.32. The highest BCUT2D eigenvalue weighted by Gasteiger charge is 2.57. The number of hydrogen-bond acceptors (Lipinski definition) is 7. The molecule has 9 atom stereocenters. The Bertz CT molecular complexity index is 610. The lowest BCUT2D eigenvalue weighted by molar-refractivity contribution is -0.168. The maximum Gasteiger partial charge on any atom is 0.237 e. The van der Waals surface area contributed by atoms with E-state index in [1.54, 1.807) is 0 Å². The minimum atomic E-state index is -0.839. The number of alkyl halides is 1. The van der Waals surface area contributed by atoms with Gasteiger partial charge in [0.2, 0.25) is 5.91 Å². The Labute approximate surface area is 189 Å². The molecule has 3 aliphatic heterocycles. The minimum Gasteiger partial charge on any atom is -0.387 e. The van der Waals surface area contributed by atoms with Gasteiger partial charge in [-0.05, 0) is 52.8 Å². The van der Waals surface area contributed by atoms with Crippen molar-refractivity contribution in [2.24, 2.45) is 5.92 Å². The number of hydrogen-bond donors (Lipinski definition) is 2. The number of nitrogens with zero attached hydrogens (tertiary/aromatic N) is 1. The summed E-state index contributed by atoms with van der Waals surface area (Å²) in [6, 6.07) is -0.636. The van der Waals surface area contributed by atoms with Gasteiger partial charge in [-0.3, -0.25) is 9.69 Å². The van der Waals surface area contributed by atoms with Crippen molar-refractivity contribution in [2.75, 3.05) is 19.8 Å². The molecule has 3 fully saturated rings. The van der Waals surface area contributed by atoms with Gasteiger partial charge in [-0.2, -0.15) is 0 Å². The Hall–Kier alpha value is -0.0900. The molecule has 174 valence electrons. The molecule has 2 N–H and O–H groups in total. The Morgan fingerprint density at radius 2 is 2.03 bits per heavy atom. The third kappa shape index (κ3) is 5.11. The number of likely N-dealkylation sites (N-methyl/N-ethyl adjacent to an activating group) is 1. The summed E-state index contributed by atoms with van der Waals surface area (Å²) in [5, 5.41) is 13.5. The largest absolute Gasteiger partial charge is 0.387 e. The maximum absolute atomic E-state index is 13.2. The van der Waals surface area contributed by atoms with Crippen molar-refractivity contribution in [1.82, 2.24) is 10.2 Å². The van der Waals surface area contributed by atoms with E-state index in [-0.39, 0.29) is 17.3 Å². The van der Waals surface area contributed by atoms with E-state index in [1.165, 1.54) is 11.8 Å². The fourth-order valence-electron chi connectivity index (χ4n) is 5.04. The number of aliphatic hydroxyl groups excluding tert-OH is 1. The normalized spacial score (nSPS) is 40.7. The first-order valence-electron chi connectivity index (χ1n) is 10.9. The summed E-state index contributed by atoms with van der Waals surface area (Å²) in [6.45, 7) is 8.61. The number of ether oxygens (including phenoxy) is 3. The average Bonchev–Trinajstić information content (AvgIpc) is 3.19. The summed E-state index contributed by atoms with van der Waals surface area (Å²) in [7, 11) is 2.00. The summed E-state index contributed by atoms with van der Waals surface area (Å²) in [6.07, 6.45) is 2.60. The van der Waals surface area contributed by atoms with E-state index in [2.05, 4.69) is 17.1 Å². The topological polar surface area (TPSA) is 80.3 Å². The first kappa shape index (κ1) is 24.6. The predicted molar refractivity (Wildman–Crippen MR) is 119 cm³/mol. The predicted octanol–water partition coefficient (Wildman–Crippen LogP) is 2.19. The van der Waals surface area contributed by atoms with Crippen LogP contribution in [0.4, 0.5) is 0 Å². The highest BCUT2D eigenvalue weighted by molar-refractivity contribution is 7.99. The Morgan fingerprint density at radius 1 is 1.37 bits per heavy atom. The van der Waals surface area contributed by atoms with Crippen molar-refractivity contribution < 1.29 is 24.1 Å². The fraction of sp³-hybridized carbons (Fsp3) is 0.952. The number of likely N-dealkylation sites (tertiary alicyclic amines) is 1. The minimum absolute atomic E-state index is 0.0289. The molecule has 0 spiro atoms. The van der Waals surface area contributed by atoms with E-state index in [0.717, 1.165) is 25.8 Å². The van der Waals surface area contributed by atoms with Crippen LogP contribution in [0.5, 0.6) is 0 Å². The van der Waals surface area contributed by atoms with Gasteiger partial charge >= 0.3 is 0 Å². The van der Waals surface area contributed by atoms with Crippen LogP contribution in [0.2, 0.25) is 0 Å². The molecule has 3 aliphatic rings. The first-order chi connectivity index (χ1) is 14.1. The van der Waals surface area contributed by atoms with E-state index in [1.807, 2.05) is 34.1 Å². The zero-order valence-electron chi connectivity index (χ0n) is 18.8. The van der Waals surface area contributed by atoms with E-state index in [9.17, 15) is 9.90 Å². The molecule has 0 saturated carbocycles. The van der Waals surface area contributed by atoms with Crippen LogP contribution in [0.25, 0.3) is 0 Å². The van der Waals surface area contributed by atoms with Crippen molar-refractivity contribution >= 4 is 29.3 Å². The lowest BCUT2D eigenvalue weighted by atomic mass is 9.92. The molecular weight excluding hydrogens is 428 g/mol. The highest BCUT2D eigenvalue weighted by Crippen LogP contribution is 2.41. The first-order valence-corrected chi connectivity index (χ1v) is 12.7. The molecule has 7 nitrogen and oxygen atoms in total. The van der Waals surface area contributed by atoms with Gasteiger partial charge in [-0.25, -0.2) is 0 Å². The summed E-state index contributed by atoms with van der Waals surface area (Å²) < 4.78 is 18.3. The van der Waals surface area contributed by atoms with Gasteiger partial charge in [-0.1, -0.05) is 13.3 Å². The van der Waals surface area contributed by atoms with Crippen molar-refractivity contribution in [3.05, 3.63) is 0 Å². The second kappa shape index (κ2) is 9.81. The van der Waals surface area contributed by atoms with Crippen LogP contribution in [0.3, 0.4) is 0 Å². The highest BCUT2D eigenvalue weighted by atomic mass is 35.5. The summed E-state index contributed by atoms with van der Waals surface area (Å²) in [4.78, 5) is 15.3. The molecule has 0 radical (unpaired) electrons. The standard InChI is InChI=1S/C21H37ClN2O5S/c1-7-8-12-9-13(24(5)10-12)19(26)23-14(11(2)22)16-18-17(28-21(3,4)29-18)15(25)20(27-16)30-6/h11-18,20,25H,7-10H2,1-6H3,(H,23,26)/t11-,12+,13-,14+,15+,16+,17+,18-,20+/m0/s1. The van der Waals surface area contributed by atoms with Crippen LogP contribution in [-0.4, -0.2) is 88.9 Å². The van der Waals surface area contributed by atoms with Crippen molar-refractivity contribution in [3.8, 4) is 0 Å². The van der Waals surface area contributed by atoms with Gasteiger partial charge in [0.05, 0.1) is 17.5 Å². The maximum atomic E-state index is 13.2. The van der Waals surface area contributed by atoms with Crippen LogP contribution in [0, 0.1) is 5.92 Å². The summed E-state index contributed by atoms with van der Waals surface area (Å²) in [5.74, 6) is -0.325. The van der Waals surface area contributed by atoms with Crippen LogP contribution < -0.4 is 5.32 Å². The number of rotatable bonds is 7. The zero-order chi connectivity index (χ0) is 22.2. The van der Waals surface area contributed by atoms with Crippen LogP contribution in [0.15, 0.2) is 0 Å². The average molecular weight is 465 g/mol. The molecule has 0 unspecified atom stereocenters. The molecule has 0 aromatic rings. The lowest BCUT2D eigenvalue weighted by Gasteiger charge is -2.43. The van der Waals surface area contributed by atoms with Gasteiger partial charge in [0.25, 0.3) is 0 Å². The number of nitrogens with one attached hydrogen (secondary N) is 1. The van der Waals surface area contributed by atoms with Crippen LogP contribution >= 0.6 is 23.4 Å². The van der Waals surface area contributed by atoms with E-state index < -0.39 is 41.7 Å². The summed E-state index contributed by atoms with van der Waals surface area (Å²) in [5.41, 5.74) is -0.480. The third-order valence-electron chi connectivity index (χ3n) is 6.42. The Balaban J connectivity index is 1.77. The quantitative estimate of drug-likeness (QED) is 0.559. The molecule has 3 rings (SSSR count). The number of carbonyl (C=O) groups is 1. The molecule has 9 heteroatoms. The lowest BCUT2D eigenvalue weighted by Crippen LogP contribution is -2.64. The Morgan fingerprint density at radius 3 is 2.63 bits per heavy atom. The molecule has 30 heavy (non-hydrogen) atoms. The number of amides is 1. The molecular formula is C21H37ClN2O5S. The third-order valence-corrected chi connectivity index (χ3v) is 7.54. The van der Waals surface area contributed by atoms with Gasteiger partial charge in [0.1, 0.15) is 29.9 Å². The molecule has 0 aliphatic carbocycles. The van der Waals surface area contributed by atoms with Crippen LogP contribution in [0.1, 0.15) is 47.0 Å². The molecule has 0 aromatic carbocycles. The Kier molecular flexibility index (Phi) is 8.03. The number of aliphatic hydroxyl groups is 1. The van der Waals surface area contributed by atoms with Gasteiger partial charge in [-0.15, -0.1) is 23.4 Å². The monoisotopic (exact) mass is 464 g/mol. The van der Waals surface area contributed by atoms with Gasteiger partial charge in [0.15, 0.2) is 5.79 Å². The molecule has 1 amide bonds. The van der Waals surface area contributed by atoms with Crippen LogP contribution in [-0.2, 0) is 19.0 Å². The van der Waals surface area contributed by atoms with Gasteiger partial charge < -0.3 is 24.6 Å². The molecule has 0 aromatic heterocycles. The second-order valence-corrected chi connectivity index (χ2v) is 10.9. The number of halogens is 1. The number of fused-ring (bicyclic) bond motifs is 1. The number of carbonyl (C=O) groups excluding carboxylic acids is 1. The molecule has 0 bridgehead atoms. The zero-order valence-corrected chi connectivity index (χ0v) is 20.4. The van der Waals surface area contributed by atoms with E-state index >= 15 is 0 Å². The smallest absolute Gasteiger partial charge is 0.237 e.